The summed E-state index contributed by atoms with van der Waals surface area (Å²) in [6, 6.07) is 1.50. The predicted octanol–water partition coefficient (Wildman–Crippen LogP) is 2.24. The minimum absolute atomic E-state index is 0.105. The number of furan rings is 1. The molecule has 138 valence electrons. The molecule has 0 fully saturated rings. The summed E-state index contributed by atoms with van der Waals surface area (Å²) in [5, 5.41) is 16.2. The molecule has 7 heteroatoms. The number of nitrogens with zero attached hydrogens (tertiary/aromatic N) is 2. The maximum atomic E-state index is 12.0. The minimum atomic E-state index is -1.18. The highest BCUT2D eigenvalue weighted by atomic mass is 16.3. The second-order valence-electron chi connectivity index (χ2n) is 6.90. The highest BCUT2D eigenvalue weighted by Gasteiger charge is 2.28. The van der Waals surface area contributed by atoms with Gasteiger partial charge in [-0.3, -0.25) is 0 Å². The van der Waals surface area contributed by atoms with Crippen molar-refractivity contribution < 1.29 is 14.3 Å². The first kappa shape index (κ1) is 19.1. The number of carbonyl (C=O) groups excluding carboxylic acids is 1. The van der Waals surface area contributed by atoms with Crippen molar-refractivity contribution >= 4 is 6.03 Å². The highest BCUT2D eigenvalue weighted by Crippen LogP contribution is 2.26. The molecule has 0 aliphatic carbocycles. The van der Waals surface area contributed by atoms with Crippen LogP contribution < -0.4 is 10.6 Å². The van der Waals surface area contributed by atoms with Gasteiger partial charge in [-0.1, -0.05) is 6.92 Å². The maximum Gasteiger partial charge on any atom is 0.314 e. The van der Waals surface area contributed by atoms with Gasteiger partial charge in [-0.25, -0.2) is 9.78 Å². The molecule has 0 saturated carbocycles. The van der Waals surface area contributed by atoms with E-state index >= 15 is 0 Å². The van der Waals surface area contributed by atoms with Gasteiger partial charge in [0.15, 0.2) is 0 Å². The SMILES string of the molecule is Cc1cc(C(C)(O)CNC(=O)NCC(C)Cn2ccnc2C)c(C)o1. The fraction of sp³-hybridized carbons (Fsp3) is 0.556. The molecule has 0 bridgehead atoms. The zero-order valence-corrected chi connectivity index (χ0v) is 15.6. The highest BCUT2D eigenvalue weighted by molar-refractivity contribution is 5.73. The number of aliphatic hydroxyl groups is 1. The van der Waals surface area contributed by atoms with E-state index in [1.54, 1.807) is 26.1 Å². The van der Waals surface area contributed by atoms with Gasteiger partial charge in [-0.15, -0.1) is 0 Å². The summed E-state index contributed by atoms with van der Waals surface area (Å²) in [5.74, 6) is 2.62. The van der Waals surface area contributed by atoms with Crippen LogP contribution in [0.25, 0.3) is 0 Å². The maximum absolute atomic E-state index is 12.0. The molecule has 2 heterocycles. The van der Waals surface area contributed by atoms with Crippen molar-refractivity contribution in [2.24, 2.45) is 5.92 Å². The van der Waals surface area contributed by atoms with Gasteiger partial charge in [0, 0.05) is 31.0 Å². The van der Waals surface area contributed by atoms with Crippen molar-refractivity contribution in [2.75, 3.05) is 13.1 Å². The van der Waals surface area contributed by atoms with Crippen LogP contribution in [0.4, 0.5) is 4.79 Å². The number of hydrogen-bond donors (Lipinski definition) is 3. The average molecular weight is 348 g/mol. The van der Waals surface area contributed by atoms with Crippen LogP contribution >= 0.6 is 0 Å². The Hall–Kier alpha value is -2.28. The Labute approximate surface area is 148 Å². The topological polar surface area (TPSA) is 92.3 Å². The molecule has 2 aromatic heterocycles. The molecule has 0 saturated heterocycles. The Balaban J connectivity index is 1.78. The molecule has 2 amide bonds. The standard InChI is InChI=1S/C18H28N4O3/c1-12(10-22-7-6-19-15(22)4)9-20-17(23)21-11-18(5,24)16-8-13(2)25-14(16)3/h6-8,12,24H,9-11H2,1-5H3,(H2,20,21,23). The second-order valence-corrected chi connectivity index (χ2v) is 6.90. The number of hydrogen-bond acceptors (Lipinski definition) is 4. The van der Waals surface area contributed by atoms with Gasteiger partial charge in [0.2, 0.25) is 0 Å². The van der Waals surface area contributed by atoms with Crippen molar-refractivity contribution in [3.8, 4) is 0 Å². The fourth-order valence-electron chi connectivity index (χ4n) is 2.84. The van der Waals surface area contributed by atoms with Crippen LogP contribution in [0, 0.1) is 26.7 Å². The number of imidazole rings is 1. The van der Waals surface area contributed by atoms with Crippen molar-refractivity contribution in [3.63, 3.8) is 0 Å². The third-order valence-corrected chi connectivity index (χ3v) is 4.26. The van der Waals surface area contributed by atoms with Gasteiger partial charge < -0.3 is 24.7 Å². The predicted molar refractivity (Wildman–Crippen MR) is 95.3 cm³/mol. The number of nitrogens with one attached hydrogen (secondary N) is 2. The Morgan fingerprint density at radius 2 is 2.12 bits per heavy atom. The van der Waals surface area contributed by atoms with Gasteiger partial charge in [0.1, 0.15) is 22.9 Å². The normalized spacial score (nSPS) is 14.8. The summed E-state index contributed by atoms with van der Waals surface area (Å²) < 4.78 is 7.51. The molecule has 7 nitrogen and oxygen atoms in total. The monoisotopic (exact) mass is 348 g/mol. The van der Waals surface area contributed by atoms with E-state index in [1.165, 1.54) is 0 Å². The molecule has 2 rings (SSSR count). The van der Waals surface area contributed by atoms with E-state index in [0.29, 0.717) is 17.9 Å². The summed E-state index contributed by atoms with van der Waals surface area (Å²) >= 11 is 0. The fourth-order valence-corrected chi connectivity index (χ4v) is 2.84. The first-order valence-corrected chi connectivity index (χ1v) is 8.48. The largest absolute Gasteiger partial charge is 0.466 e. The van der Waals surface area contributed by atoms with Gasteiger partial charge >= 0.3 is 6.03 Å². The van der Waals surface area contributed by atoms with Gasteiger partial charge in [0.05, 0.1) is 6.54 Å². The van der Waals surface area contributed by atoms with Crippen LogP contribution in [0.1, 0.15) is 36.8 Å². The molecule has 25 heavy (non-hydrogen) atoms. The van der Waals surface area contributed by atoms with E-state index in [1.807, 2.05) is 20.0 Å². The van der Waals surface area contributed by atoms with E-state index in [2.05, 4.69) is 27.1 Å². The third kappa shape index (κ3) is 5.09. The van der Waals surface area contributed by atoms with Crippen LogP contribution in [0.15, 0.2) is 22.9 Å². The van der Waals surface area contributed by atoms with Crippen LogP contribution in [-0.2, 0) is 12.1 Å². The number of rotatable bonds is 7. The summed E-state index contributed by atoms with van der Waals surface area (Å²) in [5.41, 5.74) is -0.493. The second kappa shape index (κ2) is 7.74. The lowest BCUT2D eigenvalue weighted by atomic mass is 9.96. The van der Waals surface area contributed by atoms with E-state index in [0.717, 1.165) is 18.1 Å². The number of aromatic nitrogens is 2. The number of amides is 2. The Bertz CT molecular complexity index is 718. The zero-order valence-electron chi connectivity index (χ0n) is 15.6. The molecule has 0 aliphatic rings. The number of aryl methyl sites for hydroxylation is 3. The van der Waals surface area contributed by atoms with Gasteiger partial charge in [-0.05, 0) is 39.7 Å². The van der Waals surface area contributed by atoms with Crippen molar-refractivity contribution in [1.82, 2.24) is 20.2 Å². The van der Waals surface area contributed by atoms with E-state index in [4.69, 9.17) is 4.42 Å². The van der Waals surface area contributed by atoms with Gasteiger partial charge in [-0.2, -0.15) is 0 Å². The Kier molecular flexibility index (Phi) is 5.89. The summed E-state index contributed by atoms with van der Waals surface area (Å²) in [6.45, 7) is 10.7. The Morgan fingerprint density at radius 1 is 1.40 bits per heavy atom. The smallest absolute Gasteiger partial charge is 0.314 e. The van der Waals surface area contributed by atoms with Crippen molar-refractivity contribution in [2.45, 2.75) is 46.8 Å². The van der Waals surface area contributed by atoms with Crippen LogP contribution in [-0.4, -0.2) is 33.8 Å². The first-order valence-electron chi connectivity index (χ1n) is 8.48. The molecular weight excluding hydrogens is 320 g/mol. The Morgan fingerprint density at radius 3 is 2.68 bits per heavy atom. The lowest BCUT2D eigenvalue weighted by Crippen LogP contribution is -2.44. The molecule has 0 radical (unpaired) electrons. The van der Waals surface area contributed by atoms with Gasteiger partial charge in [0.25, 0.3) is 0 Å². The average Bonchev–Trinajstić information content (AvgIpc) is 3.09. The summed E-state index contributed by atoms with van der Waals surface area (Å²) in [6.07, 6.45) is 3.70. The molecule has 0 aromatic carbocycles. The van der Waals surface area contributed by atoms with Crippen LogP contribution in [0.5, 0.6) is 0 Å². The van der Waals surface area contributed by atoms with Crippen molar-refractivity contribution in [1.29, 1.82) is 0 Å². The van der Waals surface area contributed by atoms with E-state index in [-0.39, 0.29) is 18.5 Å². The molecule has 2 aromatic rings. The molecule has 2 atom stereocenters. The first-order chi connectivity index (χ1) is 11.7. The van der Waals surface area contributed by atoms with E-state index < -0.39 is 5.60 Å². The number of urea groups is 1. The molecular formula is C18H28N4O3. The zero-order chi connectivity index (χ0) is 18.6. The van der Waals surface area contributed by atoms with Crippen molar-refractivity contribution in [3.05, 3.63) is 41.4 Å². The third-order valence-electron chi connectivity index (χ3n) is 4.26. The van der Waals surface area contributed by atoms with Crippen LogP contribution in [0.3, 0.4) is 0 Å². The number of carbonyl (C=O) groups is 1. The minimum Gasteiger partial charge on any atom is -0.466 e. The lowest BCUT2D eigenvalue weighted by Gasteiger charge is -2.23. The molecule has 3 N–H and O–H groups in total. The van der Waals surface area contributed by atoms with Crippen LogP contribution in [0.2, 0.25) is 0 Å². The molecule has 0 aliphatic heterocycles. The molecule has 0 spiro atoms. The van der Waals surface area contributed by atoms with E-state index in [9.17, 15) is 9.90 Å². The lowest BCUT2D eigenvalue weighted by molar-refractivity contribution is 0.0578. The summed E-state index contributed by atoms with van der Waals surface area (Å²) in [4.78, 5) is 16.2. The summed E-state index contributed by atoms with van der Waals surface area (Å²) in [7, 11) is 0. The molecule has 2 unspecified atom stereocenters. The quantitative estimate of drug-likeness (QED) is 0.715.